The number of nitrogens with one attached hydrogen (secondary N) is 2. The first kappa shape index (κ1) is 14.6. The van der Waals surface area contributed by atoms with Gasteiger partial charge in [0, 0.05) is 13.1 Å². The maximum absolute atomic E-state index is 11.6. The Kier molecular flexibility index (Phi) is 4.11. The molecule has 114 valence electrons. The molecule has 1 unspecified atom stereocenters. The minimum Gasteiger partial charge on any atom is -0.479 e. The second-order valence-corrected chi connectivity index (χ2v) is 5.67. The van der Waals surface area contributed by atoms with Crippen molar-refractivity contribution in [2.75, 3.05) is 5.32 Å². The highest BCUT2D eigenvalue weighted by atomic mass is 16.5. The van der Waals surface area contributed by atoms with Crippen LogP contribution in [-0.4, -0.2) is 12.0 Å². The number of amides is 1. The van der Waals surface area contributed by atoms with Crippen molar-refractivity contribution in [2.24, 2.45) is 0 Å². The van der Waals surface area contributed by atoms with Crippen molar-refractivity contribution in [2.45, 2.75) is 33.0 Å². The fourth-order valence-electron chi connectivity index (χ4n) is 2.42. The number of hydrogen-bond acceptors (Lipinski definition) is 3. The van der Waals surface area contributed by atoms with E-state index in [1.54, 1.807) is 6.92 Å². The minimum atomic E-state index is -0.432. The number of benzene rings is 2. The molecule has 4 nitrogen and oxygen atoms in total. The van der Waals surface area contributed by atoms with Gasteiger partial charge in [0.25, 0.3) is 5.91 Å². The Balaban J connectivity index is 1.60. The predicted molar refractivity (Wildman–Crippen MR) is 86.9 cm³/mol. The van der Waals surface area contributed by atoms with Gasteiger partial charge in [0.05, 0.1) is 5.69 Å². The molecule has 2 N–H and O–H groups in total. The van der Waals surface area contributed by atoms with Crippen molar-refractivity contribution >= 4 is 11.6 Å². The molecule has 2 aromatic rings. The van der Waals surface area contributed by atoms with Gasteiger partial charge in [-0.3, -0.25) is 4.79 Å². The molecule has 0 bridgehead atoms. The van der Waals surface area contributed by atoms with Crippen molar-refractivity contribution in [3.8, 4) is 5.75 Å². The van der Waals surface area contributed by atoms with Crippen LogP contribution < -0.4 is 15.4 Å². The summed E-state index contributed by atoms with van der Waals surface area (Å²) in [6.07, 6.45) is -0.432. The van der Waals surface area contributed by atoms with E-state index in [1.807, 2.05) is 18.2 Å². The van der Waals surface area contributed by atoms with E-state index < -0.39 is 6.10 Å². The Morgan fingerprint density at radius 1 is 1.09 bits per heavy atom. The van der Waals surface area contributed by atoms with Gasteiger partial charge in [-0.1, -0.05) is 35.9 Å². The Bertz CT molecular complexity index is 680. The minimum absolute atomic E-state index is 0.0998. The van der Waals surface area contributed by atoms with Crippen LogP contribution in [0.4, 0.5) is 5.69 Å². The van der Waals surface area contributed by atoms with Crippen molar-refractivity contribution in [3.05, 3.63) is 59.2 Å². The zero-order chi connectivity index (χ0) is 15.5. The summed E-state index contributed by atoms with van der Waals surface area (Å²) >= 11 is 0. The van der Waals surface area contributed by atoms with Crippen LogP contribution in [0.5, 0.6) is 5.75 Å². The van der Waals surface area contributed by atoms with E-state index in [-0.39, 0.29) is 5.91 Å². The van der Waals surface area contributed by atoms with Crippen LogP contribution in [-0.2, 0) is 17.9 Å². The second kappa shape index (κ2) is 6.20. The summed E-state index contributed by atoms with van der Waals surface area (Å²) in [5, 5.41) is 6.28. The van der Waals surface area contributed by atoms with Crippen molar-refractivity contribution in [1.82, 2.24) is 5.32 Å². The number of carbonyl (C=O) groups excluding carboxylic acids is 1. The fourth-order valence-corrected chi connectivity index (χ4v) is 2.42. The van der Waals surface area contributed by atoms with Crippen molar-refractivity contribution in [1.29, 1.82) is 0 Å². The lowest BCUT2D eigenvalue weighted by molar-refractivity contribution is -0.122. The first-order valence-electron chi connectivity index (χ1n) is 7.48. The summed E-state index contributed by atoms with van der Waals surface area (Å²) in [5.74, 6) is 0.631. The van der Waals surface area contributed by atoms with E-state index >= 15 is 0 Å². The van der Waals surface area contributed by atoms with E-state index in [0.717, 1.165) is 30.1 Å². The van der Waals surface area contributed by atoms with Crippen molar-refractivity contribution in [3.63, 3.8) is 0 Å². The van der Waals surface area contributed by atoms with Crippen LogP contribution >= 0.6 is 0 Å². The fraction of sp³-hybridized carbons (Fsp3) is 0.278. The molecular weight excluding hydrogens is 276 g/mol. The maximum Gasteiger partial charge on any atom is 0.265 e. The molecule has 0 fully saturated rings. The lowest BCUT2D eigenvalue weighted by Gasteiger charge is -2.23. The highest BCUT2D eigenvalue weighted by molar-refractivity contribution is 5.97. The van der Waals surface area contributed by atoms with E-state index in [4.69, 9.17) is 4.74 Å². The Morgan fingerprint density at radius 2 is 1.77 bits per heavy atom. The quantitative estimate of drug-likeness (QED) is 0.912. The molecular formula is C18H20N2O2. The van der Waals surface area contributed by atoms with E-state index in [9.17, 15) is 4.79 Å². The topological polar surface area (TPSA) is 50.4 Å². The second-order valence-electron chi connectivity index (χ2n) is 5.67. The number of aryl methyl sites for hydroxylation is 1. The molecule has 4 heteroatoms. The highest BCUT2D eigenvalue weighted by Crippen LogP contribution is 2.30. The maximum atomic E-state index is 11.6. The first-order valence-corrected chi connectivity index (χ1v) is 7.48. The molecule has 3 rings (SSSR count). The van der Waals surface area contributed by atoms with Gasteiger partial charge in [-0.2, -0.15) is 0 Å². The average molecular weight is 296 g/mol. The van der Waals surface area contributed by atoms with Crippen LogP contribution in [0.3, 0.4) is 0 Å². The molecule has 0 saturated carbocycles. The third-order valence-corrected chi connectivity index (χ3v) is 3.75. The van der Waals surface area contributed by atoms with Gasteiger partial charge in [-0.15, -0.1) is 0 Å². The summed E-state index contributed by atoms with van der Waals surface area (Å²) < 4.78 is 5.55. The van der Waals surface area contributed by atoms with Crippen LogP contribution in [0.2, 0.25) is 0 Å². The number of fused-ring (bicyclic) bond motifs is 1. The zero-order valence-electron chi connectivity index (χ0n) is 12.8. The first-order chi connectivity index (χ1) is 10.6. The third kappa shape index (κ3) is 3.28. The molecule has 0 radical (unpaired) electrons. The number of anilines is 1. The van der Waals surface area contributed by atoms with Gasteiger partial charge >= 0.3 is 0 Å². The Hall–Kier alpha value is -2.33. The summed E-state index contributed by atoms with van der Waals surface area (Å²) in [6.45, 7) is 5.39. The summed E-state index contributed by atoms with van der Waals surface area (Å²) in [7, 11) is 0. The number of hydrogen-bond donors (Lipinski definition) is 2. The molecule has 0 aliphatic carbocycles. The summed E-state index contributed by atoms with van der Waals surface area (Å²) in [5.41, 5.74) is 4.39. The zero-order valence-corrected chi connectivity index (χ0v) is 12.8. The normalized spacial score (nSPS) is 16.6. The molecule has 2 aromatic carbocycles. The summed E-state index contributed by atoms with van der Waals surface area (Å²) in [4.78, 5) is 11.6. The van der Waals surface area contributed by atoms with E-state index in [2.05, 4.69) is 41.8 Å². The van der Waals surface area contributed by atoms with Gasteiger partial charge in [0.2, 0.25) is 0 Å². The van der Waals surface area contributed by atoms with Crippen LogP contribution in [0.15, 0.2) is 42.5 Å². The highest BCUT2D eigenvalue weighted by Gasteiger charge is 2.23. The predicted octanol–water partition coefficient (Wildman–Crippen LogP) is 3.00. The van der Waals surface area contributed by atoms with Crippen LogP contribution in [0.25, 0.3) is 0 Å². The molecule has 1 amide bonds. The van der Waals surface area contributed by atoms with Gasteiger partial charge in [-0.25, -0.2) is 0 Å². The van der Waals surface area contributed by atoms with Crippen LogP contribution in [0.1, 0.15) is 23.6 Å². The molecule has 1 aliphatic rings. The van der Waals surface area contributed by atoms with Gasteiger partial charge in [0.15, 0.2) is 6.10 Å². The molecule has 1 aliphatic heterocycles. The molecule has 1 atom stereocenters. The smallest absolute Gasteiger partial charge is 0.265 e. The lowest BCUT2D eigenvalue weighted by atomic mass is 10.1. The molecule has 22 heavy (non-hydrogen) atoms. The number of ether oxygens (including phenoxy) is 1. The molecule has 1 heterocycles. The Labute approximate surface area is 130 Å². The largest absolute Gasteiger partial charge is 0.479 e. The van der Waals surface area contributed by atoms with Crippen LogP contribution in [0, 0.1) is 6.92 Å². The SMILES string of the molecule is Cc1ccc(CNCc2ccc3c(c2)NC(=O)C(C)O3)cc1. The average Bonchev–Trinajstić information content (AvgIpc) is 2.51. The number of carbonyl (C=O) groups is 1. The molecule has 0 spiro atoms. The van der Waals surface area contributed by atoms with Gasteiger partial charge in [0.1, 0.15) is 5.75 Å². The monoisotopic (exact) mass is 296 g/mol. The van der Waals surface area contributed by atoms with E-state index in [0.29, 0.717) is 0 Å². The summed E-state index contributed by atoms with van der Waals surface area (Å²) in [6, 6.07) is 14.4. The van der Waals surface area contributed by atoms with E-state index in [1.165, 1.54) is 11.1 Å². The van der Waals surface area contributed by atoms with Gasteiger partial charge < -0.3 is 15.4 Å². The standard InChI is InChI=1S/C18H20N2O2/c1-12-3-5-14(6-4-12)10-19-11-15-7-8-17-16(9-15)20-18(21)13(2)22-17/h3-9,13,19H,10-11H2,1-2H3,(H,20,21). The lowest BCUT2D eigenvalue weighted by Crippen LogP contribution is -2.34. The molecule has 0 saturated heterocycles. The molecule has 0 aromatic heterocycles. The van der Waals surface area contributed by atoms with Gasteiger partial charge in [-0.05, 0) is 37.1 Å². The van der Waals surface area contributed by atoms with Crippen molar-refractivity contribution < 1.29 is 9.53 Å². The third-order valence-electron chi connectivity index (χ3n) is 3.75. The number of rotatable bonds is 4. The Morgan fingerprint density at radius 3 is 2.55 bits per heavy atom.